The van der Waals surface area contributed by atoms with E-state index in [-0.39, 0.29) is 36.5 Å². The lowest BCUT2D eigenvalue weighted by atomic mass is 9.88. The van der Waals surface area contributed by atoms with E-state index in [1.165, 1.54) is 0 Å². The van der Waals surface area contributed by atoms with Crippen molar-refractivity contribution in [2.24, 2.45) is 5.92 Å². The number of benzene rings is 2. The number of likely N-dealkylation sites (tertiary alicyclic amines) is 1. The first kappa shape index (κ1) is 22.6. The minimum absolute atomic E-state index is 0.0124. The molecular formula is C25H29N3O5. The van der Waals surface area contributed by atoms with Crippen molar-refractivity contribution in [3.05, 3.63) is 59.7 Å². The van der Waals surface area contributed by atoms with Crippen molar-refractivity contribution >= 4 is 17.7 Å². The van der Waals surface area contributed by atoms with Crippen molar-refractivity contribution < 1.29 is 23.9 Å². The van der Waals surface area contributed by atoms with E-state index in [2.05, 4.69) is 10.6 Å². The highest BCUT2D eigenvalue weighted by Gasteiger charge is 2.34. The Bertz CT molecular complexity index is 1020. The Labute approximate surface area is 193 Å². The normalized spacial score (nSPS) is 16.4. The third-order valence-electron chi connectivity index (χ3n) is 5.95. The summed E-state index contributed by atoms with van der Waals surface area (Å²) in [5.74, 6) is 0.449. The second kappa shape index (κ2) is 9.94. The lowest BCUT2D eigenvalue weighted by Gasteiger charge is -2.36. The lowest BCUT2D eigenvalue weighted by molar-refractivity contribution is -0.125. The molecule has 33 heavy (non-hydrogen) atoms. The van der Waals surface area contributed by atoms with Crippen molar-refractivity contribution in [3.8, 4) is 11.5 Å². The highest BCUT2D eigenvalue weighted by Crippen LogP contribution is 2.32. The number of nitrogens with one attached hydrogen (secondary N) is 2. The molecule has 0 unspecified atom stereocenters. The Balaban J connectivity index is 1.44. The maximum absolute atomic E-state index is 13.0. The van der Waals surface area contributed by atoms with Gasteiger partial charge in [0.1, 0.15) is 6.04 Å². The molecule has 2 aromatic carbocycles. The molecule has 8 nitrogen and oxygen atoms in total. The number of carbonyl (C=O) groups is 3. The van der Waals surface area contributed by atoms with Crippen LogP contribution in [0.4, 0.5) is 0 Å². The van der Waals surface area contributed by atoms with E-state index in [4.69, 9.17) is 9.47 Å². The Morgan fingerprint density at radius 2 is 1.61 bits per heavy atom. The monoisotopic (exact) mass is 451 g/mol. The minimum Gasteiger partial charge on any atom is -0.454 e. The Kier molecular flexibility index (Phi) is 6.82. The van der Waals surface area contributed by atoms with Crippen molar-refractivity contribution in [1.29, 1.82) is 0 Å². The molecule has 0 aliphatic carbocycles. The number of fused-ring (bicyclic) bond motifs is 1. The average molecular weight is 452 g/mol. The summed E-state index contributed by atoms with van der Waals surface area (Å²) in [5, 5.41) is 5.84. The zero-order valence-corrected chi connectivity index (χ0v) is 18.9. The van der Waals surface area contributed by atoms with Gasteiger partial charge < -0.3 is 25.0 Å². The lowest BCUT2D eigenvalue weighted by Crippen LogP contribution is -2.54. The molecule has 2 aliphatic rings. The molecule has 4 rings (SSSR count). The molecular weight excluding hydrogens is 422 g/mol. The highest BCUT2D eigenvalue weighted by molar-refractivity contribution is 5.98. The minimum atomic E-state index is -0.695. The van der Waals surface area contributed by atoms with Crippen LogP contribution in [0.3, 0.4) is 0 Å². The van der Waals surface area contributed by atoms with Crippen LogP contribution in [-0.2, 0) is 4.79 Å². The standard InChI is InChI=1S/C25H29N3O5/c1-16(2)26-24(30)22(27-23(29)19-8-9-20-21(14-19)33-15-32-20)17-10-12-28(13-11-17)25(31)18-6-4-3-5-7-18/h3-9,14,16-17,22H,10-13,15H2,1-2H3,(H,26,30)(H,27,29)/t22-/m0/s1. The molecule has 8 heteroatoms. The fourth-order valence-electron chi connectivity index (χ4n) is 4.23. The molecule has 1 atom stereocenters. The van der Waals surface area contributed by atoms with Crippen molar-refractivity contribution in [1.82, 2.24) is 15.5 Å². The first-order valence-electron chi connectivity index (χ1n) is 11.3. The summed E-state index contributed by atoms with van der Waals surface area (Å²) in [6.45, 7) is 4.96. The molecule has 0 saturated carbocycles. The van der Waals surface area contributed by atoms with Gasteiger partial charge in [-0.15, -0.1) is 0 Å². The zero-order valence-electron chi connectivity index (χ0n) is 18.9. The van der Waals surface area contributed by atoms with E-state index in [1.54, 1.807) is 30.3 Å². The molecule has 1 fully saturated rings. The van der Waals surface area contributed by atoms with Crippen LogP contribution in [0, 0.1) is 5.92 Å². The van der Waals surface area contributed by atoms with E-state index in [0.717, 1.165) is 0 Å². The van der Waals surface area contributed by atoms with E-state index in [9.17, 15) is 14.4 Å². The summed E-state index contributed by atoms with van der Waals surface area (Å²) in [4.78, 5) is 40.6. The predicted octanol–water partition coefficient (Wildman–Crippen LogP) is 2.59. The molecule has 3 amide bonds. The van der Waals surface area contributed by atoms with Gasteiger partial charge in [-0.25, -0.2) is 0 Å². The van der Waals surface area contributed by atoms with Crippen LogP contribution in [0.2, 0.25) is 0 Å². The maximum Gasteiger partial charge on any atom is 0.253 e. The van der Waals surface area contributed by atoms with Gasteiger partial charge in [-0.05, 0) is 62.9 Å². The number of piperidine rings is 1. The number of hydrogen-bond acceptors (Lipinski definition) is 5. The van der Waals surface area contributed by atoms with Crippen molar-refractivity contribution in [3.63, 3.8) is 0 Å². The molecule has 2 aliphatic heterocycles. The highest BCUT2D eigenvalue weighted by atomic mass is 16.7. The first-order valence-corrected chi connectivity index (χ1v) is 11.3. The van der Waals surface area contributed by atoms with E-state index in [1.807, 2.05) is 36.9 Å². The summed E-state index contributed by atoms with van der Waals surface area (Å²) in [7, 11) is 0. The SMILES string of the molecule is CC(C)NC(=O)[C@@H](NC(=O)c1ccc2c(c1)OCO2)C1CCN(C(=O)c2ccccc2)CC1. The largest absolute Gasteiger partial charge is 0.454 e. The van der Waals surface area contributed by atoms with Crippen LogP contribution in [0.15, 0.2) is 48.5 Å². The molecule has 2 heterocycles. The van der Waals surface area contributed by atoms with Gasteiger partial charge in [-0.3, -0.25) is 14.4 Å². The quantitative estimate of drug-likeness (QED) is 0.704. The van der Waals surface area contributed by atoms with Gasteiger partial charge in [0.25, 0.3) is 11.8 Å². The molecule has 0 aromatic heterocycles. The summed E-state index contributed by atoms with van der Waals surface area (Å²) in [6.07, 6.45) is 1.24. The Morgan fingerprint density at radius 3 is 2.30 bits per heavy atom. The number of hydrogen-bond donors (Lipinski definition) is 2. The summed E-state index contributed by atoms with van der Waals surface area (Å²) < 4.78 is 10.7. The number of carbonyl (C=O) groups excluding carboxylic acids is 3. The van der Waals surface area contributed by atoms with E-state index < -0.39 is 6.04 Å². The van der Waals surface area contributed by atoms with Gasteiger partial charge in [0.15, 0.2) is 11.5 Å². The van der Waals surface area contributed by atoms with Crippen LogP contribution in [0.5, 0.6) is 11.5 Å². The van der Waals surface area contributed by atoms with Gasteiger partial charge >= 0.3 is 0 Å². The van der Waals surface area contributed by atoms with Crippen LogP contribution in [0.25, 0.3) is 0 Å². The van der Waals surface area contributed by atoms with Gasteiger partial charge in [0, 0.05) is 30.3 Å². The van der Waals surface area contributed by atoms with Gasteiger partial charge in [0.05, 0.1) is 0 Å². The Morgan fingerprint density at radius 1 is 0.909 bits per heavy atom. The van der Waals surface area contributed by atoms with Crippen LogP contribution in [0.1, 0.15) is 47.4 Å². The van der Waals surface area contributed by atoms with Crippen LogP contribution in [-0.4, -0.2) is 54.6 Å². The molecule has 174 valence electrons. The van der Waals surface area contributed by atoms with Gasteiger partial charge in [-0.2, -0.15) is 0 Å². The average Bonchev–Trinajstić information content (AvgIpc) is 3.30. The van der Waals surface area contributed by atoms with Gasteiger partial charge in [0.2, 0.25) is 12.7 Å². The molecule has 2 N–H and O–H groups in total. The molecule has 2 aromatic rings. The molecule has 1 saturated heterocycles. The van der Waals surface area contributed by atoms with Crippen LogP contribution < -0.4 is 20.1 Å². The molecule has 0 spiro atoms. The summed E-state index contributed by atoms with van der Waals surface area (Å²) >= 11 is 0. The van der Waals surface area contributed by atoms with E-state index in [0.29, 0.717) is 48.6 Å². The third-order valence-corrected chi connectivity index (χ3v) is 5.95. The fourth-order valence-corrected chi connectivity index (χ4v) is 4.23. The Hall–Kier alpha value is -3.55. The zero-order chi connectivity index (χ0) is 23.4. The van der Waals surface area contributed by atoms with Crippen molar-refractivity contribution in [2.75, 3.05) is 19.9 Å². The summed E-state index contributed by atoms with van der Waals surface area (Å²) in [6, 6.07) is 13.4. The first-order chi connectivity index (χ1) is 15.9. The third kappa shape index (κ3) is 5.27. The smallest absolute Gasteiger partial charge is 0.253 e. The fraction of sp³-hybridized carbons (Fsp3) is 0.400. The predicted molar refractivity (Wildman–Crippen MR) is 122 cm³/mol. The van der Waals surface area contributed by atoms with Crippen molar-refractivity contribution in [2.45, 2.75) is 38.8 Å². The number of ether oxygens (including phenoxy) is 2. The van der Waals surface area contributed by atoms with E-state index >= 15 is 0 Å². The number of amides is 3. The number of rotatable bonds is 6. The topological polar surface area (TPSA) is 97.0 Å². The second-order valence-corrected chi connectivity index (χ2v) is 8.68. The second-order valence-electron chi connectivity index (χ2n) is 8.68. The van der Waals surface area contributed by atoms with Crippen LogP contribution >= 0.6 is 0 Å². The molecule has 0 bridgehead atoms. The maximum atomic E-state index is 13.0. The molecule has 0 radical (unpaired) electrons. The number of nitrogens with zero attached hydrogens (tertiary/aromatic N) is 1. The summed E-state index contributed by atoms with van der Waals surface area (Å²) in [5.41, 5.74) is 1.06. The van der Waals surface area contributed by atoms with Gasteiger partial charge in [-0.1, -0.05) is 18.2 Å².